The van der Waals surface area contributed by atoms with Gasteiger partial charge in [-0.05, 0) is 157 Å². The molecule has 2 aliphatic carbocycles. The number of para-hydroxylation sites is 4. The molecule has 3 aliphatic rings. The van der Waals surface area contributed by atoms with Gasteiger partial charge in [0.2, 0.25) is 0 Å². The van der Waals surface area contributed by atoms with Crippen molar-refractivity contribution >= 4 is 51.1 Å². The Labute approximate surface area is 389 Å². The molecule has 4 nitrogen and oxygen atoms in total. The fourth-order valence-electron chi connectivity index (χ4n) is 9.81. The first kappa shape index (κ1) is 40.7. The van der Waals surface area contributed by atoms with Crippen molar-refractivity contribution in [1.29, 1.82) is 0 Å². The highest BCUT2D eigenvalue weighted by atomic mass is 15.2. The minimum absolute atomic E-state index is 0.485. The average Bonchev–Trinajstić information content (AvgIpc) is 3.49. The van der Waals surface area contributed by atoms with Gasteiger partial charge in [-0.25, -0.2) is 0 Å². The van der Waals surface area contributed by atoms with Gasteiger partial charge in [0.05, 0.1) is 5.52 Å². The number of nitrogens with zero attached hydrogens (tertiary/aromatic N) is 4. The van der Waals surface area contributed by atoms with Crippen molar-refractivity contribution in [2.75, 3.05) is 21.2 Å². The summed E-state index contributed by atoms with van der Waals surface area (Å²) in [5, 5.41) is 1.31. The molecule has 1 atom stereocenters. The molecule has 66 heavy (non-hydrogen) atoms. The molecule has 0 radical (unpaired) electrons. The number of fused-ring (bicyclic) bond motifs is 4. The maximum Gasteiger partial charge on any atom is 0.0539 e. The van der Waals surface area contributed by atoms with Crippen LogP contribution in [0.15, 0.2) is 248 Å². The minimum atomic E-state index is 0.485. The van der Waals surface area contributed by atoms with E-state index >= 15 is 0 Å². The Hall–Kier alpha value is -8.08. The highest BCUT2D eigenvalue weighted by molar-refractivity contribution is 5.95. The zero-order valence-electron chi connectivity index (χ0n) is 37.3. The number of hydrogen-bond acceptors (Lipinski definition) is 3. The van der Waals surface area contributed by atoms with Gasteiger partial charge in [0.1, 0.15) is 0 Å². The molecule has 0 amide bonds. The molecule has 0 spiro atoms. The van der Waals surface area contributed by atoms with Crippen molar-refractivity contribution in [1.82, 2.24) is 4.57 Å². The molecule has 0 bridgehead atoms. The summed E-state index contributed by atoms with van der Waals surface area (Å²) >= 11 is 0. The zero-order chi connectivity index (χ0) is 44.2. The van der Waals surface area contributed by atoms with Gasteiger partial charge in [0.25, 0.3) is 0 Å². The SMILES string of the molecule is CC1C=Cc2c(c3cc(N(c4ccccc4)c4ccc(-c5ccc(N(C6=C/Cc7ccccc7N(C7=CC=CCC=C7)C/C=C\6)c6ccccc6)cc5)cc4)ccc3n2-c2ccccc2)C1. The van der Waals surface area contributed by atoms with E-state index in [-0.39, 0.29) is 0 Å². The van der Waals surface area contributed by atoms with Crippen molar-refractivity contribution in [2.45, 2.75) is 26.2 Å². The molecule has 0 fully saturated rings. The lowest BCUT2D eigenvalue weighted by molar-refractivity contribution is 0.718. The summed E-state index contributed by atoms with van der Waals surface area (Å²) in [6.07, 6.45) is 25.5. The van der Waals surface area contributed by atoms with E-state index < -0.39 is 0 Å². The third-order valence-corrected chi connectivity index (χ3v) is 13.0. The molecule has 0 saturated carbocycles. The predicted molar refractivity (Wildman–Crippen MR) is 280 cm³/mol. The van der Waals surface area contributed by atoms with Crippen molar-refractivity contribution in [3.8, 4) is 16.8 Å². The van der Waals surface area contributed by atoms with Crippen LogP contribution in [-0.4, -0.2) is 11.1 Å². The second kappa shape index (κ2) is 18.2. The van der Waals surface area contributed by atoms with Crippen LogP contribution in [0.2, 0.25) is 0 Å². The molecule has 4 heteroatoms. The van der Waals surface area contributed by atoms with Gasteiger partial charge in [-0.2, -0.15) is 0 Å². The van der Waals surface area contributed by atoms with Crippen molar-refractivity contribution in [3.05, 3.63) is 265 Å². The first-order chi connectivity index (χ1) is 32.7. The lowest BCUT2D eigenvalue weighted by atomic mass is 9.93. The van der Waals surface area contributed by atoms with Crippen LogP contribution in [-0.2, 0) is 12.8 Å². The van der Waals surface area contributed by atoms with Gasteiger partial charge in [-0.3, -0.25) is 0 Å². The van der Waals surface area contributed by atoms with E-state index in [2.05, 4.69) is 269 Å². The fourth-order valence-corrected chi connectivity index (χ4v) is 9.81. The van der Waals surface area contributed by atoms with Gasteiger partial charge in [0, 0.05) is 68.8 Å². The maximum atomic E-state index is 2.43. The predicted octanol–water partition coefficient (Wildman–Crippen LogP) is 16.0. The Balaban J connectivity index is 0.918. The van der Waals surface area contributed by atoms with Crippen LogP contribution in [0.4, 0.5) is 34.1 Å². The Morgan fingerprint density at radius 1 is 0.545 bits per heavy atom. The van der Waals surface area contributed by atoms with Crippen molar-refractivity contribution in [2.24, 2.45) is 5.92 Å². The van der Waals surface area contributed by atoms with E-state index in [1.54, 1.807) is 0 Å². The largest absolute Gasteiger partial charge is 0.337 e. The van der Waals surface area contributed by atoms with Gasteiger partial charge in [-0.15, -0.1) is 0 Å². The monoisotopic (exact) mass is 852 g/mol. The summed E-state index contributed by atoms with van der Waals surface area (Å²) in [5.74, 6) is 0.485. The quantitative estimate of drug-likeness (QED) is 0.144. The van der Waals surface area contributed by atoms with Gasteiger partial charge < -0.3 is 19.3 Å². The van der Waals surface area contributed by atoms with Crippen molar-refractivity contribution in [3.63, 3.8) is 0 Å². The minimum Gasteiger partial charge on any atom is -0.337 e. The maximum absolute atomic E-state index is 2.43. The number of benzene rings is 7. The Morgan fingerprint density at radius 3 is 1.89 bits per heavy atom. The number of hydrogen-bond donors (Lipinski definition) is 0. The molecule has 7 aromatic carbocycles. The standard InChI is InChI=1S/C62H52N4/c1-46-29-41-61-58(44-46)59-45-57(40-42-62(59)66(61)53-25-13-6-14-26-53)65(52-23-11-5-12-24-52)56-37-32-48(33-38-56)47-30-35-55(36-31-47)64(51-21-9-4-10-22-51)54-27-17-43-63(50-19-7-2-3-8-20-50)60-28-16-15-18-49(60)34-39-54/h2,4-33,35-42,45-46H,3,34,43-44H2,1H3/b27-17-,54-39+. The summed E-state index contributed by atoms with van der Waals surface area (Å²) in [6, 6.07) is 66.1. The van der Waals surface area contributed by atoms with Crippen LogP contribution >= 0.6 is 0 Å². The first-order valence-corrected chi connectivity index (χ1v) is 23.2. The van der Waals surface area contributed by atoms with Crippen LogP contribution in [0.3, 0.4) is 0 Å². The highest BCUT2D eigenvalue weighted by Gasteiger charge is 2.24. The summed E-state index contributed by atoms with van der Waals surface area (Å²) in [5.41, 5.74) is 17.9. The molecule has 1 unspecified atom stereocenters. The van der Waals surface area contributed by atoms with E-state index in [1.165, 1.54) is 55.9 Å². The number of allylic oxidation sites excluding steroid dienone is 8. The smallest absolute Gasteiger partial charge is 0.0539 e. The normalized spacial score (nSPS) is 16.7. The van der Waals surface area contributed by atoms with Gasteiger partial charge >= 0.3 is 0 Å². The molecule has 0 saturated heterocycles. The molecule has 1 aromatic heterocycles. The molecule has 320 valence electrons. The number of anilines is 6. The second-order valence-corrected chi connectivity index (χ2v) is 17.3. The molecular formula is C62H52N4. The van der Waals surface area contributed by atoms with E-state index in [0.29, 0.717) is 5.92 Å². The van der Waals surface area contributed by atoms with E-state index in [0.717, 1.165) is 59.9 Å². The molecule has 8 aromatic rings. The third-order valence-electron chi connectivity index (χ3n) is 13.0. The highest BCUT2D eigenvalue weighted by Crippen LogP contribution is 2.42. The summed E-state index contributed by atoms with van der Waals surface area (Å²) in [6.45, 7) is 3.07. The van der Waals surface area contributed by atoms with Crippen LogP contribution in [0.25, 0.3) is 33.8 Å². The Kier molecular flexibility index (Phi) is 11.2. The van der Waals surface area contributed by atoms with Crippen molar-refractivity contribution < 1.29 is 0 Å². The second-order valence-electron chi connectivity index (χ2n) is 17.3. The lowest BCUT2D eigenvalue weighted by Gasteiger charge is -2.27. The lowest BCUT2D eigenvalue weighted by Crippen LogP contribution is -2.22. The van der Waals surface area contributed by atoms with Crippen LogP contribution in [0, 0.1) is 5.92 Å². The van der Waals surface area contributed by atoms with Gasteiger partial charge in [0.15, 0.2) is 0 Å². The third kappa shape index (κ3) is 8.03. The van der Waals surface area contributed by atoms with Crippen LogP contribution < -0.4 is 14.7 Å². The summed E-state index contributed by atoms with van der Waals surface area (Å²) in [7, 11) is 0. The van der Waals surface area contributed by atoms with Gasteiger partial charge in [-0.1, -0.05) is 140 Å². The molecule has 11 rings (SSSR count). The first-order valence-electron chi connectivity index (χ1n) is 23.2. The number of aromatic nitrogens is 1. The summed E-state index contributed by atoms with van der Waals surface area (Å²) < 4.78 is 2.43. The van der Waals surface area contributed by atoms with E-state index in [9.17, 15) is 0 Å². The average molecular weight is 853 g/mol. The van der Waals surface area contributed by atoms with Crippen LogP contribution in [0.1, 0.15) is 30.2 Å². The van der Waals surface area contributed by atoms with Crippen LogP contribution in [0.5, 0.6) is 0 Å². The Morgan fingerprint density at radius 2 is 1.17 bits per heavy atom. The van der Waals surface area contributed by atoms with E-state index in [4.69, 9.17) is 0 Å². The molecular weight excluding hydrogens is 801 g/mol. The molecule has 2 heterocycles. The number of rotatable bonds is 9. The Bertz CT molecular complexity index is 3190. The topological polar surface area (TPSA) is 14.7 Å². The fraction of sp³-hybridized carbons (Fsp3) is 0.0968. The molecule has 1 aliphatic heterocycles. The van der Waals surface area contributed by atoms with E-state index in [1.807, 2.05) is 0 Å². The summed E-state index contributed by atoms with van der Waals surface area (Å²) in [4.78, 5) is 7.19. The molecule has 0 N–H and O–H groups in total. The zero-order valence-corrected chi connectivity index (χ0v) is 37.3.